The van der Waals surface area contributed by atoms with Gasteiger partial charge < -0.3 is 15.5 Å². The normalized spacial score (nSPS) is 15.5. The van der Waals surface area contributed by atoms with Crippen LogP contribution in [0.2, 0.25) is 10.0 Å². The molecule has 6 nitrogen and oxygen atoms in total. The van der Waals surface area contributed by atoms with E-state index in [4.69, 9.17) is 23.2 Å². The van der Waals surface area contributed by atoms with Gasteiger partial charge in [-0.2, -0.15) is 0 Å². The van der Waals surface area contributed by atoms with E-state index in [-0.39, 0.29) is 24.1 Å². The minimum Gasteiger partial charge on any atom is -0.326 e. The molecule has 4 rings (SSSR count). The van der Waals surface area contributed by atoms with Gasteiger partial charge in [0.25, 0.3) is 5.91 Å². The molecule has 0 saturated carbocycles. The number of para-hydroxylation sites is 1. The van der Waals surface area contributed by atoms with Crippen LogP contribution in [-0.4, -0.2) is 24.3 Å². The van der Waals surface area contributed by atoms with Crippen LogP contribution >= 0.6 is 23.2 Å². The minimum atomic E-state index is -0.444. The molecule has 1 heterocycles. The molecule has 0 bridgehead atoms. The Hall–Kier alpha value is -3.35. The minimum absolute atomic E-state index is 0.0781. The Morgan fingerprint density at radius 2 is 1.53 bits per heavy atom. The van der Waals surface area contributed by atoms with Crippen molar-refractivity contribution in [2.75, 3.05) is 22.1 Å². The highest BCUT2D eigenvalue weighted by molar-refractivity contribution is 6.42. The summed E-state index contributed by atoms with van der Waals surface area (Å²) in [4.78, 5) is 39.1. The Morgan fingerprint density at radius 3 is 2.22 bits per heavy atom. The number of carbonyl (C=O) groups is 3. The number of carbonyl (C=O) groups excluding carboxylic acids is 3. The first-order valence-corrected chi connectivity index (χ1v) is 10.7. The van der Waals surface area contributed by atoms with Gasteiger partial charge in [0.15, 0.2) is 0 Å². The molecule has 1 atom stereocenters. The van der Waals surface area contributed by atoms with E-state index in [1.807, 2.05) is 30.3 Å². The third-order valence-corrected chi connectivity index (χ3v) is 5.89. The Bertz CT molecular complexity index is 1170. The van der Waals surface area contributed by atoms with Gasteiger partial charge >= 0.3 is 0 Å². The zero-order chi connectivity index (χ0) is 22.7. The molecule has 1 unspecified atom stereocenters. The van der Waals surface area contributed by atoms with Gasteiger partial charge in [0.2, 0.25) is 11.8 Å². The Morgan fingerprint density at radius 1 is 0.844 bits per heavy atom. The topological polar surface area (TPSA) is 78.5 Å². The average Bonchev–Trinajstić information content (AvgIpc) is 3.19. The van der Waals surface area contributed by atoms with E-state index in [0.29, 0.717) is 33.5 Å². The maximum Gasteiger partial charge on any atom is 0.255 e. The van der Waals surface area contributed by atoms with E-state index in [1.54, 1.807) is 47.4 Å². The lowest BCUT2D eigenvalue weighted by molar-refractivity contribution is -0.122. The number of rotatable bonds is 5. The van der Waals surface area contributed by atoms with Gasteiger partial charge in [-0.3, -0.25) is 14.4 Å². The number of hydrogen-bond acceptors (Lipinski definition) is 3. The van der Waals surface area contributed by atoms with Crippen LogP contribution in [0.4, 0.5) is 17.1 Å². The molecule has 0 aromatic heterocycles. The third kappa shape index (κ3) is 4.93. The summed E-state index contributed by atoms with van der Waals surface area (Å²) < 4.78 is 0. The highest BCUT2D eigenvalue weighted by Crippen LogP contribution is 2.27. The van der Waals surface area contributed by atoms with E-state index in [9.17, 15) is 14.4 Å². The van der Waals surface area contributed by atoms with Gasteiger partial charge in [0.1, 0.15) is 0 Å². The monoisotopic (exact) mass is 467 g/mol. The van der Waals surface area contributed by atoms with Crippen molar-refractivity contribution < 1.29 is 14.4 Å². The molecule has 0 spiro atoms. The summed E-state index contributed by atoms with van der Waals surface area (Å²) >= 11 is 11.9. The van der Waals surface area contributed by atoms with E-state index in [2.05, 4.69) is 10.6 Å². The smallest absolute Gasteiger partial charge is 0.255 e. The lowest BCUT2D eigenvalue weighted by Gasteiger charge is -2.16. The van der Waals surface area contributed by atoms with E-state index < -0.39 is 5.92 Å². The van der Waals surface area contributed by atoms with Crippen LogP contribution in [0, 0.1) is 5.92 Å². The fourth-order valence-corrected chi connectivity index (χ4v) is 3.77. The number of halogens is 2. The van der Waals surface area contributed by atoms with E-state index in [1.165, 1.54) is 0 Å². The molecule has 3 amide bonds. The summed E-state index contributed by atoms with van der Waals surface area (Å²) in [6, 6.07) is 20.6. The second-order valence-electron chi connectivity index (χ2n) is 7.39. The van der Waals surface area contributed by atoms with Crippen molar-refractivity contribution in [2.24, 2.45) is 5.92 Å². The molecule has 3 aromatic carbocycles. The highest BCUT2D eigenvalue weighted by atomic mass is 35.5. The maximum atomic E-state index is 12.7. The van der Waals surface area contributed by atoms with E-state index in [0.717, 1.165) is 5.69 Å². The Kier molecular flexibility index (Phi) is 6.44. The SMILES string of the molecule is O=C(Nc1ccc(Cl)c(Cl)c1)c1ccc(NC(=O)C2CC(=O)N(c3ccccc3)C2)cc1. The summed E-state index contributed by atoms with van der Waals surface area (Å²) in [6.45, 7) is 0.332. The molecule has 1 fully saturated rings. The maximum absolute atomic E-state index is 12.7. The number of nitrogens with one attached hydrogen (secondary N) is 2. The molecule has 0 radical (unpaired) electrons. The first-order chi connectivity index (χ1) is 15.4. The molecular weight excluding hydrogens is 449 g/mol. The van der Waals surface area contributed by atoms with Crippen LogP contribution in [0.1, 0.15) is 16.8 Å². The van der Waals surface area contributed by atoms with Crippen molar-refractivity contribution in [3.63, 3.8) is 0 Å². The first kappa shape index (κ1) is 21.9. The number of anilines is 3. The summed E-state index contributed by atoms with van der Waals surface area (Å²) in [5.74, 6) is -1.07. The van der Waals surface area contributed by atoms with Gasteiger partial charge in [-0.25, -0.2) is 0 Å². The van der Waals surface area contributed by atoms with Crippen LogP contribution in [0.15, 0.2) is 72.8 Å². The van der Waals surface area contributed by atoms with Gasteiger partial charge in [-0.05, 0) is 54.6 Å². The van der Waals surface area contributed by atoms with Crippen molar-refractivity contribution in [1.29, 1.82) is 0 Å². The van der Waals surface area contributed by atoms with Crippen LogP contribution < -0.4 is 15.5 Å². The predicted octanol–water partition coefficient (Wildman–Crippen LogP) is 5.24. The van der Waals surface area contributed by atoms with Gasteiger partial charge in [0.05, 0.1) is 16.0 Å². The quantitative estimate of drug-likeness (QED) is 0.538. The third-order valence-electron chi connectivity index (χ3n) is 5.16. The van der Waals surface area contributed by atoms with E-state index >= 15 is 0 Å². The standard InChI is InChI=1S/C24H19Cl2N3O3/c25-20-11-10-18(13-21(20)26)28-23(31)15-6-8-17(9-7-15)27-24(32)16-12-22(30)29(14-16)19-4-2-1-3-5-19/h1-11,13,16H,12,14H2,(H,27,32)(H,28,31). The van der Waals surface area contributed by atoms with Gasteiger partial charge in [-0.1, -0.05) is 41.4 Å². The van der Waals surface area contributed by atoms with Crippen molar-refractivity contribution in [3.05, 3.63) is 88.4 Å². The van der Waals surface area contributed by atoms with Crippen LogP contribution in [0.3, 0.4) is 0 Å². The van der Waals surface area contributed by atoms with Crippen LogP contribution in [0.5, 0.6) is 0 Å². The largest absolute Gasteiger partial charge is 0.326 e. The van der Waals surface area contributed by atoms with Crippen molar-refractivity contribution in [3.8, 4) is 0 Å². The Balaban J connectivity index is 1.36. The second kappa shape index (κ2) is 9.42. The predicted molar refractivity (Wildman–Crippen MR) is 126 cm³/mol. The molecule has 1 aliphatic heterocycles. The van der Waals surface area contributed by atoms with Gasteiger partial charge in [0, 0.05) is 35.6 Å². The molecule has 2 N–H and O–H groups in total. The molecular formula is C24H19Cl2N3O3. The molecule has 0 aliphatic carbocycles. The summed E-state index contributed by atoms with van der Waals surface area (Å²) in [7, 11) is 0. The average molecular weight is 468 g/mol. The summed E-state index contributed by atoms with van der Waals surface area (Å²) in [6.07, 6.45) is 0.158. The number of benzene rings is 3. The van der Waals surface area contributed by atoms with Gasteiger partial charge in [-0.15, -0.1) is 0 Å². The number of amides is 3. The number of hydrogen-bond donors (Lipinski definition) is 2. The number of nitrogens with zero attached hydrogens (tertiary/aromatic N) is 1. The zero-order valence-electron chi connectivity index (χ0n) is 16.8. The molecule has 8 heteroatoms. The van der Waals surface area contributed by atoms with Crippen molar-refractivity contribution >= 4 is 58.0 Å². The summed E-state index contributed by atoms with van der Waals surface area (Å²) in [5, 5.41) is 6.32. The molecule has 3 aromatic rings. The highest BCUT2D eigenvalue weighted by Gasteiger charge is 2.35. The van der Waals surface area contributed by atoms with Crippen LogP contribution in [-0.2, 0) is 9.59 Å². The molecule has 1 aliphatic rings. The first-order valence-electron chi connectivity index (χ1n) is 9.93. The Labute approximate surface area is 195 Å². The fourth-order valence-electron chi connectivity index (χ4n) is 3.47. The lowest BCUT2D eigenvalue weighted by Crippen LogP contribution is -2.28. The molecule has 1 saturated heterocycles. The zero-order valence-corrected chi connectivity index (χ0v) is 18.4. The van der Waals surface area contributed by atoms with Crippen LogP contribution in [0.25, 0.3) is 0 Å². The second-order valence-corrected chi connectivity index (χ2v) is 8.20. The van der Waals surface area contributed by atoms with Crippen molar-refractivity contribution in [1.82, 2.24) is 0 Å². The van der Waals surface area contributed by atoms with Crippen molar-refractivity contribution in [2.45, 2.75) is 6.42 Å². The fraction of sp³-hybridized carbons (Fsp3) is 0.125. The summed E-state index contributed by atoms with van der Waals surface area (Å²) in [5.41, 5.74) is 2.27. The molecule has 32 heavy (non-hydrogen) atoms. The molecule has 162 valence electrons. The lowest BCUT2D eigenvalue weighted by atomic mass is 10.1.